The van der Waals surface area contributed by atoms with Gasteiger partial charge < -0.3 is 9.90 Å². The summed E-state index contributed by atoms with van der Waals surface area (Å²) in [4.78, 5) is 22.2. The van der Waals surface area contributed by atoms with Crippen LogP contribution < -0.4 is 5.11 Å². The third kappa shape index (κ3) is 3.21. The molecule has 0 aromatic heterocycles. The fourth-order valence-corrected chi connectivity index (χ4v) is 2.81. The van der Waals surface area contributed by atoms with E-state index < -0.39 is 25.5 Å². The second kappa shape index (κ2) is 5.19. The van der Waals surface area contributed by atoms with Crippen molar-refractivity contribution in [2.45, 2.75) is 20.8 Å². The molecule has 17 heavy (non-hydrogen) atoms. The number of hydrogen-bond donors (Lipinski definition) is 0. The van der Waals surface area contributed by atoms with Crippen molar-refractivity contribution in [1.82, 2.24) is 0 Å². The van der Waals surface area contributed by atoms with Crippen LogP contribution in [-0.4, -0.2) is 17.7 Å². The highest BCUT2D eigenvalue weighted by atomic mass is 31.1. The molecule has 5 heteroatoms. The molecule has 1 aromatic rings. The lowest BCUT2D eigenvalue weighted by molar-refractivity contribution is -0.301. The van der Waals surface area contributed by atoms with E-state index in [9.17, 15) is 19.3 Å². The van der Waals surface area contributed by atoms with E-state index in [0.717, 1.165) is 5.56 Å². The van der Waals surface area contributed by atoms with Gasteiger partial charge in [0.05, 0.1) is 11.5 Å². The fourth-order valence-electron chi connectivity index (χ4n) is 1.83. The molecule has 0 heterocycles. The number of carbonyl (C=O) groups is 2. The quantitative estimate of drug-likeness (QED) is 0.757. The summed E-state index contributed by atoms with van der Waals surface area (Å²) in [6.45, 7) is 5.39. The van der Waals surface area contributed by atoms with E-state index in [2.05, 4.69) is 0 Å². The second-order valence-corrected chi connectivity index (χ2v) is 5.47. The highest BCUT2D eigenvalue weighted by Crippen LogP contribution is 2.30. The molecule has 0 amide bonds. The first-order chi connectivity index (χ1) is 7.82. The van der Waals surface area contributed by atoms with Crippen molar-refractivity contribution in [1.29, 1.82) is 0 Å². The Balaban J connectivity index is 3.13. The number of carbonyl (C=O) groups excluding carboxylic acids is 2. The highest BCUT2D eigenvalue weighted by molar-refractivity contribution is 7.65. The molecule has 0 saturated carbocycles. The molecule has 1 atom stereocenters. The van der Waals surface area contributed by atoms with Gasteiger partial charge in [-0.25, -0.2) is 4.79 Å². The van der Waals surface area contributed by atoms with Crippen molar-refractivity contribution in [3.63, 3.8) is 0 Å². The molecule has 0 bridgehead atoms. The van der Waals surface area contributed by atoms with E-state index in [4.69, 9.17) is 0 Å². The van der Waals surface area contributed by atoms with Crippen LogP contribution in [0.3, 0.4) is 0 Å². The normalized spacial score (nSPS) is 11.1. The molecule has 0 radical (unpaired) electrons. The molecule has 0 saturated heterocycles. The third-order valence-electron chi connectivity index (χ3n) is 2.39. The summed E-state index contributed by atoms with van der Waals surface area (Å²) < 4.78 is 11.5. The van der Waals surface area contributed by atoms with Crippen LogP contribution >= 0.6 is 7.80 Å². The highest BCUT2D eigenvalue weighted by Gasteiger charge is 2.32. The van der Waals surface area contributed by atoms with Gasteiger partial charge in [0, 0.05) is 0 Å². The molecule has 0 aliphatic heterocycles. The minimum absolute atomic E-state index is 0.359. The second-order valence-electron chi connectivity index (χ2n) is 3.99. The Kier molecular flexibility index (Phi) is 4.13. The van der Waals surface area contributed by atoms with Crippen LogP contribution in [0.5, 0.6) is 0 Å². The van der Waals surface area contributed by atoms with E-state index >= 15 is 0 Å². The topological polar surface area (TPSA) is 74.3 Å². The monoisotopic (exact) mass is 252 g/mol. The number of hydrogen-bond acceptors (Lipinski definition) is 4. The summed E-state index contributed by atoms with van der Waals surface area (Å²) in [5, 5.41) is 10.3. The number of carboxylic acid groups (broad SMARTS) is 1. The Morgan fingerprint density at radius 2 is 1.65 bits per heavy atom. The average Bonchev–Trinajstić information content (AvgIpc) is 2.14. The average molecular weight is 252 g/mol. The summed E-state index contributed by atoms with van der Waals surface area (Å²) in [6.07, 6.45) is -0.721. The van der Waals surface area contributed by atoms with Crippen molar-refractivity contribution in [2.24, 2.45) is 0 Å². The number of aryl methyl sites for hydroxylation is 3. The van der Waals surface area contributed by atoms with Crippen LogP contribution in [0.15, 0.2) is 12.1 Å². The minimum Gasteiger partial charge on any atom is -0.546 e. The van der Waals surface area contributed by atoms with Gasteiger partial charge >= 0.3 is 13.3 Å². The van der Waals surface area contributed by atoms with Crippen LogP contribution in [-0.2, 0) is 9.36 Å². The minimum atomic E-state index is -2.45. The van der Waals surface area contributed by atoms with Crippen LogP contribution in [0.2, 0.25) is 0 Å². The lowest BCUT2D eigenvalue weighted by atomic mass is 10.0. The molecule has 1 rings (SSSR count). The lowest BCUT2D eigenvalue weighted by Crippen LogP contribution is -2.25. The Hall–Kier alpha value is -1.54. The zero-order chi connectivity index (χ0) is 13.2. The maximum absolute atomic E-state index is 11.9. The van der Waals surface area contributed by atoms with E-state index in [1.54, 1.807) is 13.8 Å². The smallest absolute Gasteiger partial charge is 0.426 e. The maximum atomic E-state index is 11.9. The van der Waals surface area contributed by atoms with Crippen LogP contribution in [0.1, 0.15) is 27.0 Å². The Morgan fingerprint density at radius 1 is 1.18 bits per heavy atom. The standard InChI is InChI=1S/C12H13O4P/c1-7-4-8(2)11(9(3)5-7)12(15)17(16)6-10(13)14/h4-5H,6H2,1-3H3. The van der Waals surface area contributed by atoms with Crippen molar-refractivity contribution < 1.29 is 19.3 Å². The van der Waals surface area contributed by atoms with Crippen LogP contribution in [0.25, 0.3) is 0 Å². The Labute approximate surface area is 100 Å². The first-order valence-electron chi connectivity index (χ1n) is 5.09. The first-order valence-corrected chi connectivity index (χ1v) is 6.54. The maximum Gasteiger partial charge on any atom is 0.426 e. The Morgan fingerprint density at radius 3 is 2.06 bits per heavy atom. The molecular formula is C12H13O4P. The number of rotatable bonds is 4. The van der Waals surface area contributed by atoms with E-state index in [-0.39, 0.29) is 0 Å². The SMILES string of the molecule is Cc1cc(C)c(C(=O)[P+](=O)CC(=O)[O-])c(C)c1. The lowest BCUT2D eigenvalue weighted by Gasteiger charge is -2.05. The van der Waals surface area contributed by atoms with Gasteiger partial charge in [0.25, 0.3) is 0 Å². The van der Waals surface area contributed by atoms with E-state index in [0.29, 0.717) is 16.7 Å². The fraction of sp³-hybridized carbons (Fsp3) is 0.333. The first kappa shape index (κ1) is 13.5. The van der Waals surface area contributed by atoms with E-state index in [1.807, 2.05) is 19.1 Å². The van der Waals surface area contributed by atoms with Gasteiger partial charge in [0.15, 0.2) is 6.16 Å². The molecule has 0 aliphatic rings. The van der Waals surface area contributed by atoms with Gasteiger partial charge in [-0.05, 0) is 31.9 Å². The van der Waals surface area contributed by atoms with Crippen LogP contribution in [0, 0.1) is 20.8 Å². The summed E-state index contributed by atoms with van der Waals surface area (Å²) in [5.74, 6) is -1.47. The van der Waals surface area contributed by atoms with E-state index in [1.165, 1.54) is 0 Å². The third-order valence-corrected chi connectivity index (χ3v) is 3.61. The van der Waals surface area contributed by atoms with Gasteiger partial charge in [-0.3, -0.25) is 0 Å². The van der Waals surface area contributed by atoms with Crippen molar-refractivity contribution in [3.8, 4) is 0 Å². The molecule has 1 unspecified atom stereocenters. The number of aliphatic carboxylic acids is 1. The van der Waals surface area contributed by atoms with Crippen molar-refractivity contribution >= 4 is 19.3 Å². The summed E-state index contributed by atoms with van der Waals surface area (Å²) >= 11 is 0. The van der Waals surface area contributed by atoms with Gasteiger partial charge in [-0.1, -0.05) is 22.3 Å². The molecule has 90 valence electrons. The summed E-state index contributed by atoms with van der Waals surface area (Å²) in [6, 6.07) is 3.62. The predicted molar refractivity (Wildman–Crippen MR) is 62.5 cm³/mol. The Bertz CT molecular complexity index is 482. The molecule has 0 spiro atoms. The molecule has 0 N–H and O–H groups in total. The van der Waals surface area contributed by atoms with Gasteiger partial charge in [0.2, 0.25) is 0 Å². The molecular weight excluding hydrogens is 239 g/mol. The summed E-state index contributed by atoms with van der Waals surface area (Å²) in [7, 11) is -2.45. The zero-order valence-electron chi connectivity index (χ0n) is 9.94. The largest absolute Gasteiger partial charge is 0.546 e. The van der Waals surface area contributed by atoms with Crippen molar-refractivity contribution in [3.05, 3.63) is 34.4 Å². The molecule has 0 aliphatic carbocycles. The molecule has 1 aromatic carbocycles. The molecule has 4 nitrogen and oxygen atoms in total. The predicted octanol–water partition coefficient (Wildman–Crippen LogP) is 1.33. The zero-order valence-corrected chi connectivity index (χ0v) is 10.8. The summed E-state index contributed by atoms with van der Waals surface area (Å²) in [5.41, 5.74) is 2.19. The van der Waals surface area contributed by atoms with Gasteiger partial charge in [0.1, 0.15) is 0 Å². The van der Waals surface area contributed by atoms with Crippen molar-refractivity contribution in [2.75, 3.05) is 6.16 Å². The van der Waals surface area contributed by atoms with Gasteiger partial charge in [-0.2, -0.15) is 0 Å². The number of benzene rings is 1. The van der Waals surface area contributed by atoms with Gasteiger partial charge in [-0.15, -0.1) is 0 Å². The van der Waals surface area contributed by atoms with Crippen LogP contribution in [0.4, 0.5) is 0 Å². The molecule has 0 fully saturated rings. The number of carboxylic acids is 1.